The van der Waals surface area contributed by atoms with Crippen molar-refractivity contribution >= 4 is 21.8 Å². The highest BCUT2D eigenvalue weighted by Gasteiger charge is 2.14. The van der Waals surface area contributed by atoms with Gasteiger partial charge in [0.15, 0.2) is 0 Å². The zero-order valence-electron chi connectivity index (χ0n) is 16.3. The topological polar surface area (TPSA) is 70.2 Å². The van der Waals surface area contributed by atoms with Crippen molar-refractivity contribution in [3.63, 3.8) is 0 Å². The second-order valence-electron chi connectivity index (χ2n) is 7.41. The zero-order valence-corrected chi connectivity index (χ0v) is 16.3. The van der Waals surface area contributed by atoms with Gasteiger partial charge in [-0.15, -0.1) is 0 Å². The third-order valence-corrected chi connectivity index (χ3v) is 5.51. The molecule has 2 N–H and O–H groups in total. The van der Waals surface area contributed by atoms with Gasteiger partial charge in [-0.3, -0.25) is 15.1 Å². The fraction of sp³-hybridized carbons (Fsp3) is 0. The second kappa shape index (κ2) is 6.88. The minimum absolute atomic E-state index is 0.258. The van der Waals surface area contributed by atoms with E-state index >= 15 is 0 Å². The van der Waals surface area contributed by atoms with E-state index in [1.165, 1.54) is 12.1 Å². The molecule has 0 aliphatic heterocycles. The van der Waals surface area contributed by atoms with E-state index < -0.39 is 0 Å². The second-order valence-corrected chi connectivity index (χ2v) is 7.41. The lowest BCUT2D eigenvalue weighted by molar-refractivity contribution is 0.628. The quantitative estimate of drug-likeness (QED) is 0.381. The van der Waals surface area contributed by atoms with Crippen LogP contribution in [0.15, 0.2) is 85.5 Å². The highest BCUT2D eigenvalue weighted by Crippen LogP contribution is 2.34. The number of H-pyrrole nitrogens is 2. The molecule has 0 saturated heterocycles. The number of benzene rings is 2. The Morgan fingerprint density at radius 3 is 2.42 bits per heavy atom. The smallest absolute Gasteiger partial charge is 0.123 e. The predicted octanol–water partition coefficient (Wildman–Crippen LogP) is 5.97. The van der Waals surface area contributed by atoms with Gasteiger partial charge in [0, 0.05) is 40.5 Å². The number of hydrogen-bond donors (Lipinski definition) is 2. The average molecular weight is 405 g/mol. The van der Waals surface area contributed by atoms with Gasteiger partial charge in [-0.2, -0.15) is 5.10 Å². The highest BCUT2D eigenvalue weighted by atomic mass is 19.1. The Kier molecular flexibility index (Phi) is 3.89. The molecule has 6 aromatic rings. The van der Waals surface area contributed by atoms with Crippen LogP contribution in [-0.2, 0) is 0 Å². The van der Waals surface area contributed by atoms with Crippen molar-refractivity contribution in [3.8, 4) is 33.6 Å². The lowest BCUT2D eigenvalue weighted by Gasteiger charge is -2.02. The first-order valence-electron chi connectivity index (χ1n) is 9.88. The van der Waals surface area contributed by atoms with Crippen molar-refractivity contribution in [1.82, 2.24) is 25.1 Å². The molecule has 0 amide bonds. The molecule has 0 fully saturated rings. The van der Waals surface area contributed by atoms with E-state index in [2.05, 4.69) is 43.3 Å². The summed E-state index contributed by atoms with van der Waals surface area (Å²) in [5, 5.41) is 9.72. The maximum absolute atomic E-state index is 13.4. The van der Waals surface area contributed by atoms with Crippen LogP contribution in [0.2, 0.25) is 0 Å². The van der Waals surface area contributed by atoms with Gasteiger partial charge in [-0.1, -0.05) is 24.3 Å². The zero-order chi connectivity index (χ0) is 20.8. The Bertz CT molecular complexity index is 1530. The van der Waals surface area contributed by atoms with Crippen molar-refractivity contribution in [2.75, 3.05) is 0 Å². The lowest BCUT2D eigenvalue weighted by atomic mass is 10.0. The first-order chi connectivity index (χ1) is 15.3. The number of halogens is 1. The Labute approximate surface area is 176 Å². The summed E-state index contributed by atoms with van der Waals surface area (Å²) >= 11 is 0. The van der Waals surface area contributed by atoms with Crippen molar-refractivity contribution in [1.29, 1.82) is 0 Å². The normalized spacial score (nSPS) is 11.4. The SMILES string of the molecule is Fc1ccc(-c2cncc3[nH]c(-c4n[nH]c5ccc(-c6cccnc6)cc45)cc23)cc1. The van der Waals surface area contributed by atoms with Crippen LogP contribution in [0.1, 0.15) is 0 Å². The van der Waals surface area contributed by atoms with Gasteiger partial charge in [0.25, 0.3) is 0 Å². The Morgan fingerprint density at radius 1 is 0.710 bits per heavy atom. The van der Waals surface area contributed by atoms with E-state index in [9.17, 15) is 4.39 Å². The third-order valence-electron chi connectivity index (χ3n) is 5.51. The molecule has 0 aliphatic carbocycles. The maximum atomic E-state index is 13.4. The summed E-state index contributed by atoms with van der Waals surface area (Å²) in [7, 11) is 0. The van der Waals surface area contributed by atoms with E-state index in [0.717, 1.165) is 55.4 Å². The molecule has 2 aromatic carbocycles. The Hall–Kier alpha value is -4.32. The highest BCUT2D eigenvalue weighted by molar-refractivity contribution is 6.01. The molecule has 0 bridgehead atoms. The van der Waals surface area contributed by atoms with Crippen molar-refractivity contribution in [2.24, 2.45) is 0 Å². The third kappa shape index (κ3) is 2.97. The molecule has 4 aromatic heterocycles. The molecule has 6 rings (SSSR count). The number of hydrogen-bond acceptors (Lipinski definition) is 3. The molecule has 31 heavy (non-hydrogen) atoms. The van der Waals surface area contributed by atoms with Crippen LogP contribution in [0.25, 0.3) is 55.4 Å². The van der Waals surface area contributed by atoms with Gasteiger partial charge in [-0.05, 0) is 47.5 Å². The maximum Gasteiger partial charge on any atom is 0.123 e. The standard InChI is InChI=1S/C25H16FN5/c26-18-6-3-15(4-7-18)21-13-28-14-24-19(21)11-23(29-24)25-20-10-16(5-8-22(20)30-31-25)17-2-1-9-27-12-17/h1-14,29H,(H,30,31). The first kappa shape index (κ1) is 17.5. The minimum atomic E-state index is -0.258. The van der Waals surface area contributed by atoms with Crippen LogP contribution in [0, 0.1) is 5.82 Å². The minimum Gasteiger partial charge on any atom is -0.352 e. The fourth-order valence-corrected chi connectivity index (χ4v) is 3.97. The van der Waals surface area contributed by atoms with E-state index in [0.29, 0.717) is 0 Å². The molecular weight excluding hydrogens is 389 g/mol. The summed E-state index contributed by atoms with van der Waals surface area (Å²) < 4.78 is 13.4. The number of nitrogens with one attached hydrogen (secondary N) is 2. The molecule has 0 saturated carbocycles. The molecule has 6 heteroatoms. The number of rotatable bonds is 3. The number of fused-ring (bicyclic) bond motifs is 2. The largest absolute Gasteiger partial charge is 0.352 e. The lowest BCUT2D eigenvalue weighted by Crippen LogP contribution is -1.82. The summed E-state index contributed by atoms with van der Waals surface area (Å²) in [6.45, 7) is 0. The fourth-order valence-electron chi connectivity index (χ4n) is 3.97. The summed E-state index contributed by atoms with van der Waals surface area (Å²) in [6, 6.07) is 18.7. The average Bonchev–Trinajstić information content (AvgIpc) is 3.43. The molecule has 0 unspecified atom stereocenters. The Balaban J connectivity index is 1.51. The molecule has 4 heterocycles. The first-order valence-corrected chi connectivity index (χ1v) is 9.88. The van der Waals surface area contributed by atoms with Gasteiger partial charge in [0.1, 0.15) is 11.5 Å². The summed E-state index contributed by atoms with van der Waals surface area (Å²) in [5.74, 6) is -0.258. The van der Waals surface area contributed by atoms with E-state index in [4.69, 9.17) is 0 Å². The molecule has 0 aliphatic rings. The summed E-state index contributed by atoms with van der Waals surface area (Å²) in [6.07, 6.45) is 7.21. The predicted molar refractivity (Wildman–Crippen MR) is 120 cm³/mol. The van der Waals surface area contributed by atoms with Crippen LogP contribution < -0.4 is 0 Å². The molecule has 148 valence electrons. The van der Waals surface area contributed by atoms with Crippen LogP contribution in [0.5, 0.6) is 0 Å². The van der Waals surface area contributed by atoms with Crippen LogP contribution >= 0.6 is 0 Å². The molecule has 5 nitrogen and oxygen atoms in total. The van der Waals surface area contributed by atoms with Gasteiger partial charge in [0.2, 0.25) is 0 Å². The monoisotopic (exact) mass is 405 g/mol. The van der Waals surface area contributed by atoms with Gasteiger partial charge >= 0.3 is 0 Å². The van der Waals surface area contributed by atoms with E-state index in [-0.39, 0.29) is 5.82 Å². The van der Waals surface area contributed by atoms with Gasteiger partial charge in [-0.25, -0.2) is 4.39 Å². The van der Waals surface area contributed by atoms with Crippen molar-refractivity contribution in [2.45, 2.75) is 0 Å². The summed E-state index contributed by atoms with van der Waals surface area (Å²) in [5.41, 5.74) is 7.56. The molecule has 0 atom stereocenters. The van der Waals surface area contributed by atoms with Gasteiger partial charge < -0.3 is 4.98 Å². The molecule has 0 radical (unpaired) electrons. The van der Waals surface area contributed by atoms with Crippen LogP contribution in [0.4, 0.5) is 4.39 Å². The van der Waals surface area contributed by atoms with E-state index in [1.807, 2.05) is 24.4 Å². The number of nitrogens with zero attached hydrogens (tertiary/aromatic N) is 3. The van der Waals surface area contributed by atoms with E-state index in [1.54, 1.807) is 30.7 Å². The van der Waals surface area contributed by atoms with Crippen LogP contribution in [-0.4, -0.2) is 25.1 Å². The van der Waals surface area contributed by atoms with Crippen LogP contribution in [0.3, 0.4) is 0 Å². The number of aromatic amines is 2. The molecular formula is C25H16FN5. The van der Waals surface area contributed by atoms with Crippen molar-refractivity contribution in [3.05, 3.63) is 91.3 Å². The van der Waals surface area contributed by atoms with Crippen molar-refractivity contribution < 1.29 is 4.39 Å². The number of pyridine rings is 2. The summed E-state index contributed by atoms with van der Waals surface area (Å²) in [4.78, 5) is 12.0. The van der Waals surface area contributed by atoms with Gasteiger partial charge in [0.05, 0.1) is 22.9 Å². The molecule has 0 spiro atoms. The Morgan fingerprint density at radius 2 is 1.58 bits per heavy atom. The number of aromatic nitrogens is 5.